The zero-order chi connectivity index (χ0) is 34.9. The van der Waals surface area contributed by atoms with Gasteiger partial charge in [-0.2, -0.15) is 0 Å². The van der Waals surface area contributed by atoms with Gasteiger partial charge in [0.15, 0.2) is 0 Å². The van der Waals surface area contributed by atoms with Gasteiger partial charge in [-0.3, -0.25) is 14.5 Å². The minimum Gasteiger partial charge on any atom is -0.325 e. The minimum absolute atomic E-state index is 0.0152. The first-order valence-corrected chi connectivity index (χ1v) is 18.2. The number of hydrogen-bond acceptors (Lipinski definition) is 7. The second kappa shape index (κ2) is 14.6. The molecule has 7 aromatic rings. The first-order valence-electron chi connectivity index (χ1n) is 15.3. The molecule has 2 amide bonds. The zero-order valence-corrected chi connectivity index (χ0v) is 31.8. The van der Waals surface area contributed by atoms with Gasteiger partial charge in [-0.05, 0) is 93.7 Å². The number of fused-ring (bicyclic) bond motifs is 3. The summed E-state index contributed by atoms with van der Waals surface area (Å²) in [6, 6.07) is 33.4. The third kappa shape index (κ3) is 6.58. The summed E-state index contributed by atoms with van der Waals surface area (Å²) in [5.74, 6) is -0.657. The number of benzene rings is 5. The molecule has 3 heterocycles. The molecule has 2 N–H and O–H groups in total. The standard InChI is InChI=1S/C23H13ClIN3O2.C15H11ClIN3/c24-16-9-4-3-8-15(16)20-19(26-18-11-5-10-17(25)21(18)27-20)12-28-22(29)13-6-1-2-7-14(13)23(28)30;16-10-5-2-1-4-9(10)14-13(8-18)19-12-7-3-6-11(17)15(12)20-14/h1-11H,12H2;1-7H,8,18H2. The molecule has 0 saturated heterocycles. The van der Waals surface area contributed by atoms with E-state index in [0.717, 1.165) is 40.6 Å². The number of para-hydroxylation sites is 2. The fourth-order valence-corrected chi connectivity index (χ4v) is 7.34. The molecule has 0 saturated carbocycles. The van der Waals surface area contributed by atoms with Crippen molar-refractivity contribution < 1.29 is 9.59 Å². The number of halogens is 4. The van der Waals surface area contributed by atoms with Crippen molar-refractivity contribution in [1.29, 1.82) is 0 Å². The lowest BCUT2D eigenvalue weighted by Crippen LogP contribution is -2.30. The molecule has 2 aromatic heterocycles. The normalized spacial score (nSPS) is 12.3. The van der Waals surface area contributed by atoms with Crippen molar-refractivity contribution in [3.8, 4) is 22.5 Å². The summed E-state index contributed by atoms with van der Waals surface area (Å²) in [5, 5.41) is 1.18. The molecule has 5 aromatic carbocycles. The monoisotopic (exact) mass is 920 g/mol. The van der Waals surface area contributed by atoms with Crippen molar-refractivity contribution in [3.05, 3.63) is 149 Å². The first-order chi connectivity index (χ1) is 24.2. The number of amides is 2. The average Bonchev–Trinajstić information content (AvgIpc) is 3.37. The predicted octanol–water partition coefficient (Wildman–Crippen LogP) is 9.36. The van der Waals surface area contributed by atoms with E-state index in [0.29, 0.717) is 50.2 Å². The third-order valence-corrected chi connectivity index (χ3v) is 10.5. The Morgan fingerprint density at radius 3 is 1.42 bits per heavy atom. The maximum Gasteiger partial charge on any atom is 0.261 e. The lowest BCUT2D eigenvalue weighted by atomic mass is 10.1. The molecule has 246 valence electrons. The summed E-state index contributed by atoms with van der Waals surface area (Å²) < 4.78 is 2.02. The Balaban J connectivity index is 0.000000170. The molecule has 50 heavy (non-hydrogen) atoms. The van der Waals surface area contributed by atoms with Crippen LogP contribution >= 0.6 is 68.4 Å². The van der Waals surface area contributed by atoms with Crippen LogP contribution in [-0.4, -0.2) is 36.7 Å². The lowest BCUT2D eigenvalue weighted by molar-refractivity contribution is 0.0640. The van der Waals surface area contributed by atoms with Crippen LogP contribution in [0.5, 0.6) is 0 Å². The van der Waals surface area contributed by atoms with Gasteiger partial charge in [0.2, 0.25) is 0 Å². The number of carbonyl (C=O) groups is 2. The first kappa shape index (κ1) is 34.4. The van der Waals surface area contributed by atoms with Gasteiger partial charge in [-0.1, -0.05) is 83.9 Å². The van der Waals surface area contributed by atoms with Crippen LogP contribution in [0.25, 0.3) is 44.6 Å². The number of carbonyl (C=O) groups excluding carboxylic acids is 2. The summed E-state index contributed by atoms with van der Waals surface area (Å²) in [6.45, 7) is 0.344. The Morgan fingerprint density at radius 1 is 0.540 bits per heavy atom. The van der Waals surface area contributed by atoms with E-state index in [9.17, 15) is 9.59 Å². The van der Waals surface area contributed by atoms with Gasteiger partial charge in [-0.15, -0.1) is 0 Å². The number of nitrogens with zero attached hydrogens (tertiary/aromatic N) is 5. The highest BCUT2D eigenvalue weighted by Gasteiger charge is 2.36. The topological polar surface area (TPSA) is 115 Å². The summed E-state index contributed by atoms with van der Waals surface area (Å²) >= 11 is 17.2. The van der Waals surface area contributed by atoms with Gasteiger partial charge in [0.1, 0.15) is 11.0 Å². The van der Waals surface area contributed by atoms with E-state index in [2.05, 4.69) is 50.2 Å². The van der Waals surface area contributed by atoms with Crippen LogP contribution in [0, 0.1) is 7.14 Å². The van der Waals surface area contributed by atoms with Crippen molar-refractivity contribution in [2.45, 2.75) is 13.1 Å². The van der Waals surface area contributed by atoms with Crippen molar-refractivity contribution in [2.24, 2.45) is 5.73 Å². The molecule has 1 aliphatic heterocycles. The second-order valence-corrected chi connectivity index (χ2v) is 14.3. The highest BCUT2D eigenvalue weighted by atomic mass is 127. The van der Waals surface area contributed by atoms with Gasteiger partial charge < -0.3 is 5.73 Å². The Bertz CT molecular complexity index is 2440. The second-order valence-electron chi connectivity index (χ2n) is 11.2. The molecule has 8 nitrogen and oxygen atoms in total. The van der Waals surface area contributed by atoms with Crippen molar-refractivity contribution in [2.75, 3.05) is 0 Å². The zero-order valence-electron chi connectivity index (χ0n) is 25.9. The van der Waals surface area contributed by atoms with E-state index in [1.807, 2.05) is 78.9 Å². The van der Waals surface area contributed by atoms with E-state index in [-0.39, 0.29) is 18.4 Å². The molecule has 0 aliphatic carbocycles. The minimum atomic E-state index is -0.328. The number of rotatable bonds is 5. The molecular formula is C38H24Cl2I2N6O2. The number of hydrogen-bond donors (Lipinski definition) is 1. The van der Waals surface area contributed by atoms with Gasteiger partial charge >= 0.3 is 0 Å². The Labute approximate surface area is 324 Å². The van der Waals surface area contributed by atoms with Crippen molar-refractivity contribution >= 4 is 102 Å². The third-order valence-electron chi connectivity index (χ3n) is 8.07. The van der Waals surface area contributed by atoms with E-state index < -0.39 is 0 Å². The molecule has 0 atom stereocenters. The molecule has 8 rings (SSSR count). The summed E-state index contributed by atoms with van der Waals surface area (Å²) in [5.41, 5.74) is 14.0. The van der Waals surface area contributed by atoms with E-state index in [4.69, 9.17) is 43.9 Å². The Hall–Kier alpha value is -4.08. The van der Waals surface area contributed by atoms with Crippen LogP contribution in [-0.2, 0) is 13.1 Å². The highest BCUT2D eigenvalue weighted by Crippen LogP contribution is 2.34. The molecule has 0 radical (unpaired) electrons. The van der Waals surface area contributed by atoms with Gasteiger partial charge in [0.25, 0.3) is 11.8 Å². The number of nitrogens with two attached hydrogens (primary N) is 1. The summed E-state index contributed by atoms with van der Waals surface area (Å²) in [4.78, 5) is 45.9. The maximum absolute atomic E-state index is 12.9. The molecule has 12 heteroatoms. The van der Waals surface area contributed by atoms with E-state index >= 15 is 0 Å². The van der Waals surface area contributed by atoms with Gasteiger partial charge in [0.05, 0.1) is 61.5 Å². The van der Waals surface area contributed by atoms with Crippen LogP contribution in [0.15, 0.2) is 109 Å². The Morgan fingerprint density at radius 2 is 0.960 bits per heavy atom. The molecule has 0 spiro atoms. The fourth-order valence-electron chi connectivity index (χ4n) is 5.68. The van der Waals surface area contributed by atoms with Crippen molar-refractivity contribution in [3.63, 3.8) is 0 Å². The summed E-state index contributed by atoms with van der Waals surface area (Å²) in [7, 11) is 0. The predicted molar refractivity (Wildman–Crippen MR) is 214 cm³/mol. The number of imide groups is 1. The SMILES string of the molecule is NCc1nc2cccc(I)c2nc1-c1ccccc1Cl.O=C1c2ccccc2C(=O)N1Cc1nc2cccc(I)c2nc1-c1ccccc1Cl. The maximum atomic E-state index is 12.9. The van der Waals surface area contributed by atoms with Crippen LogP contribution in [0.4, 0.5) is 0 Å². The number of aromatic nitrogens is 4. The lowest BCUT2D eigenvalue weighted by Gasteiger charge is -2.17. The molecule has 0 bridgehead atoms. The van der Waals surface area contributed by atoms with E-state index in [1.54, 1.807) is 30.3 Å². The highest BCUT2D eigenvalue weighted by molar-refractivity contribution is 14.1. The van der Waals surface area contributed by atoms with Gasteiger partial charge in [0, 0.05) is 24.8 Å². The quantitative estimate of drug-likeness (QED) is 0.135. The average molecular weight is 921 g/mol. The van der Waals surface area contributed by atoms with Crippen LogP contribution in [0.3, 0.4) is 0 Å². The smallest absolute Gasteiger partial charge is 0.261 e. The fraction of sp³-hybridized carbons (Fsp3) is 0.0526. The van der Waals surface area contributed by atoms with Crippen LogP contribution < -0.4 is 5.73 Å². The van der Waals surface area contributed by atoms with E-state index in [1.165, 1.54) is 4.90 Å². The molecule has 1 aliphatic rings. The molecular weight excluding hydrogens is 897 g/mol. The van der Waals surface area contributed by atoms with Gasteiger partial charge in [-0.25, -0.2) is 19.9 Å². The summed E-state index contributed by atoms with van der Waals surface area (Å²) in [6.07, 6.45) is 0. The Kier molecular flexibility index (Phi) is 10.1. The van der Waals surface area contributed by atoms with Crippen molar-refractivity contribution in [1.82, 2.24) is 24.8 Å². The molecule has 0 fully saturated rings. The largest absolute Gasteiger partial charge is 0.325 e. The molecule has 0 unspecified atom stereocenters. The van der Waals surface area contributed by atoms with Crippen LogP contribution in [0.2, 0.25) is 10.0 Å². The van der Waals surface area contributed by atoms with Crippen LogP contribution in [0.1, 0.15) is 32.1 Å².